The van der Waals surface area contributed by atoms with E-state index >= 15 is 0 Å². The van der Waals surface area contributed by atoms with Crippen LogP contribution in [0.1, 0.15) is 57.9 Å². The van der Waals surface area contributed by atoms with Gasteiger partial charge in [0.2, 0.25) is 0 Å². The van der Waals surface area contributed by atoms with E-state index in [0.29, 0.717) is 12.5 Å². The van der Waals surface area contributed by atoms with E-state index in [1.54, 1.807) is 0 Å². The number of aldehydes is 1. The van der Waals surface area contributed by atoms with Gasteiger partial charge in [0.25, 0.3) is 0 Å². The highest BCUT2D eigenvalue weighted by Gasteiger charge is 2.53. The summed E-state index contributed by atoms with van der Waals surface area (Å²) < 4.78 is 18.7. The Morgan fingerprint density at radius 2 is 1.81 bits per heavy atom. The number of ether oxygens (including phenoxy) is 2. The van der Waals surface area contributed by atoms with Crippen LogP contribution in [0.5, 0.6) is 0 Å². The van der Waals surface area contributed by atoms with Crippen molar-refractivity contribution in [1.29, 1.82) is 0 Å². The lowest BCUT2D eigenvalue weighted by Crippen LogP contribution is -2.49. The van der Waals surface area contributed by atoms with Gasteiger partial charge in [0.1, 0.15) is 0 Å². The second-order valence-corrected chi connectivity index (χ2v) is 14.5. The number of benzene rings is 1. The van der Waals surface area contributed by atoms with E-state index in [-0.39, 0.29) is 11.6 Å². The van der Waals surface area contributed by atoms with E-state index in [4.69, 9.17) is 13.9 Å². The van der Waals surface area contributed by atoms with Crippen molar-refractivity contribution in [2.45, 2.75) is 81.9 Å². The highest BCUT2D eigenvalue weighted by Crippen LogP contribution is 2.46. The quantitative estimate of drug-likeness (QED) is 0.521. The maximum atomic E-state index is 11.9. The first-order valence-corrected chi connectivity index (χ1v) is 13.0. The molecule has 0 aromatic heterocycles. The highest BCUT2D eigenvalue weighted by atomic mass is 28.4. The van der Waals surface area contributed by atoms with Gasteiger partial charge in [-0.2, -0.15) is 0 Å². The molecule has 0 radical (unpaired) electrons. The van der Waals surface area contributed by atoms with Gasteiger partial charge < -0.3 is 13.9 Å². The van der Waals surface area contributed by atoms with Gasteiger partial charge in [0.05, 0.1) is 13.2 Å². The lowest BCUT2D eigenvalue weighted by atomic mass is 9.81. The normalized spacial score (nSPS) is 32.0. The molecular formula is C22H34O4Si. The Morgan fingerprint density at radius 1 is 1.19 bits per heavy atom. The predicted octanol–water partition coefficient (Wildman–Crippen LogP) is 5.05. The molecule has 1 aromatic carbocycles. The van der Waals surface area contributed by atoms with E-state index in [1.165, 1.54) is 5.56 Å². The third kappa shape index (κ3) is 4.37. The van der Waals surface area contributed by atoms with Crippen LogP contribution in [-0.2, 0) is 18.7 Å². The number of hydrogen-bond donors (Lipinski definition) is 0. The summed E-state index contributed by atoms with van der Waals surface area (Å²) in [7, 11) is -1.95. The molecule has 2 fully saturated rings. The second-order valence-electron chi connectivity index (χ2n) is 9.72. The summed E-state index contributed by atoms with van der Waals surface area (Å²) in [5.41, 5.74) is 0.419. The number of hydrogen-bond acceptors (Lipinski definition) is 4. The summed E-state index contributed by atoms with van der Waals surface area (Å²) in [5, 5.41) is 0.0992. The second kappa shape index (κ2) is 7.43. The zero-order chi connectivity index (χ0) is 19.8. The number of carbonyl (C=O) groups is 1. The number of carbonyl (C=O) groups excluding carboxylic acids is 1. The van der Waals surface area contributed by atoms with E-state index in [1.807, 2.05) is 0 Å². The summed E-state index contributed by atoms with van der Waals surface area (Å²) >= 11 is 0. The van der Waals surface area contributed by atoms with Crippen molar-refractivity contribution in [2.75, 3.05) is 13.2 Å². The molecule has 0 N–H and O–H groups in total. The van der Waals surface area contributed by atoms with Gasteiger partial charge >= 0.3 is 0 Å². The van der Waals surface area contributed by atoms with E-state index < -0.39 is 19.7 Å². The molecule has 0 amide bonds. The van der Waals surface area contributed by atoms with Crippen molar-refractivity contribution in [3.05, 3.63) is 35.9 Å². The summed E-state index contributed by atoms with van der Waals surface area (Å²) in [6.07, 6.45) is 4.58. The Hall–Kier alpha value is -1.01. The molecule has 2 aliphatic rings. The van der Waals surface area contributed by atoms with Crippen LogP contribution >= 0.6 is 0 Å². The average Bonchev–Trinajstić information content (AvgIpc) is 3.00. The molecular weight excluding hydrogens is 356 g/mol. The van der Waals surface area contributed by atoms with Crippen molar-refractivity contribution in [1.82, 2.24) is 0 Å². The largest absolute Gasteiger partial charge is 0.413 e. The summed E-state index contributed by atoms with van der Waals surface area (Å²) in [6.45, 7) is 11.6. The third-order valence-electron chi connectivity index (χ3n) is 6.69. The van der Waals surface area contributed by atoms with Gasteiger partial charge in [-0.05, 0) is 42.5 Å². The van der Waals surface area contributed by atoms with Crippen LogP contribution in [0.2, 0.25) is 18.1 Å². The first-order valence-electron chi connectivity index (χ1n) is 10.1. The molecule has 0 bridgehead atoms. The molecule has 3 rings (SSSR count). The zero-order valence-corrected chi connectivity index (χ0v) is 18.4. The fourth-order valence-corrected chi connectivity index (χ4v) is 4.77. The molecule has 1 aromatic rings. The topological polar surface area (TPSA) is 44.8 Å². The first kappa shape index (κ1) is 20.7. The van der Waals surface area contributed by atoms with Crippen LogP contribution in [-0.4, -0.2) is 39.2 Å². The molecule has 1 saturated carbocycles. The lowest BCUT2D eigenvalue weighted by Gasteiger charge is -2.39. The maximum absolute atomic E-state index is 11.9. The molecule has 1 aliphatic heterocycles. The fourth-order valence-electron chi connectivity index (χ4n) is 3.73. The van der Waals surface area contributed by atoms with Gasteiger partial charge in [0.15, 0.2) is 26.0 Å². The summed E-state index contributed by atoms with van der Waals surface area (Å²) in [4.78, 5) is 11.9. The van der Waals surface area contributed by atoms with Gasteiger partial charge in [-0.15, -0.1) is 0 Å². The molecule has 1 aliphatic carbocycles. The van der Waals surface area contributed by atoms with Crippen LogP contribution in [0.25, 0.3) is 0 Å². The summed E-state index contributed by atoms with van der Waals surface area (Å²) in [6, 6.07) is 10.6. The van der Waals surface area contributed by atoms with Gasteiger partial charge in [0, 0.05) is 12.8 Å². The fraction of sp³-hybridized carbons (Fsp3) is 0.682. The highest BCUT2D eigenvalue weighted by molar-refractivity contribution is 6.74. The minimum Gasteiger partial charge on any atom is -0.413 e. The Kier molecular flexibility index (Phi) is 5.70. The summed E-state index contributed by atoms with van der Waals surface area (Å²) in [5.74, 6) is -0.0815. The van der Waals surface area contributed by atoms with E-state index in [9.17, 15) is 4.79 Å². The van der Waals surface area contributed by atoms with E-state index in [0.717, 1.165) is 32.0 Å². The minimum absolute atomic E-state index is 0.0992. The Labute approximate surface area is 164 Å². The monoisotopic (exact) mass is 390 g/mol. The van der Waals surface area contributed by atoms with Gasteiger partial charge in [-0.1, -0.05) is 51.1 Å². The van der Waals surface area contributed by atoms with Crippen molar-refractivity contribution in [3.63, 3.8) is 0 Å². The molecule has 1 unspecified atom stereocenters. The third-order valence-corrected chi connectivity index (χ3v) is 11.2. The Morgan fingerprint density at radius 3 is 2.37 bits per heavy atom. The molecule has 1 atom stereocenters. The van der Waals surface area contributed by atoms with Crippen LogP contribution in [0.4, 0.5) is 0 Å². The predicted molar refractivity (Wildman–Crippen MR) is 109 cm³/mol. The SMILES string of the molecule is CC(C)(C)[Si](C)(C)OCC1(C=O)COC2(CCC(c3ccccc3)CC2)O1. The molecule has 27 heavy (non-hydrogen) atoms. The van der Waals surface area contributed by atoms with Crippen LogP contribution in [0, 0.1) is 0 Å². The number of rotatable bonds is 5. The maximum Gasteiger partial charge on any atom is 0.192 e. The van der Waals surface area contributed by atoms with Crippen molar-refractivity contribution < 1.29 is 18.7 Å². The van der Waals surface area contributed by atoms with Crippen LogP contribution in [0.3, 0.4) is 0 Å². The molecule has 1 spiro atoms. The molecule has 150 valence electrons. The molecule has 5 heteroatoms. The average molecular weight is 391 g/mol. The smallest absolute Gasteiger partial charge is 0.192 e. The van der Waals surface area contributed by atoms with Crippen molar-refractivity contribution >= 4 is 14.6 Å². The molecule has 4 nitrogen and oxygen atoms in total. The standard InChI is InChI=1S/C22H34O4Si/c1-20(2,3)27(4,5)25-17-21(15-23)16-24-22(26-21)13-11-19(12-14-22)18-9-7-6-8-10-18/h6-10,15,19H,11-14,16-17H2,1-5H3. The first-order chi connectivity index (χ1) is 12.6. The van der Waals surface area contributed by atoms with Crippen molar-refractivity contribution in [2.24, 2.45) is 0 Å². The lowest BCUT2D eigenvalue weighted by molar-refractivity contribution is -0.207. The minimum atomic E-state index is -1.95. The Bertz CT molecular complexity index is 644. The molecule has 1 heterocycles. The zero-order valence-electron chi connectivity index (χ0n) is 17.4. The van der Waals surface area contributed by atoms with Gasteiger partial charge in [-0.3, -0.25) is 4.79 Å². The van der Waals surface area contributed by atoms with Crippen LogP contribution in [0.15, 0.2) is 30.3 Å². The van der Waals surface area contributed by atoms with Gasteiger partial charge in [-0.25, -0.2) is 0 Å². The van der Waals surface area contributed by atoms with Crippen molar-refractivity contribution in [3.8, 4) is 0 Å². The van der Waals surface area contributed by atoms with E-state index in [2.05, 4.69) is 64.2 Å². The molecule has 1 saturated heterocycles. The Balaban J connectivity index is 1.62. The van der Waals surface area contributed by atoms with Crippen LogP contribution < -0.4 is 0 Å².